The van der Waals surface area contributed by atoms with Gasteiger partial charge in [0.25, 0.3) is 0 Å². The number of rotatable bonds is 4. The quantitative estimate of drug-likeness (QED) is 0.703. The van der Waals surface area contributed by atoms with E-state index in [1.54, 1.807) is 22.7 Å². The van der Waals surface area contributed by atoms with Gasteiger partial charge in [-0.25, -0.2) is 9.97 Å². The second kappa shape index (κ2) is 7.11. The van der Waals surface area contributed by atoms with Crippen LogP contribution in [0.2, 0.25) is 0 Å². The highest BCUT2D eigenvalue weighted by atomic mass is 32.1. The maximum atomic E-state index is 5.86. The van der Waals surface area contributed by atoms with Crippen LogP contribution in [0.1, 0.15) is 22.4 Å². The van der Waals surface area contributed by atoms with Crippen molar-refractivity contribution in [1.29, 1.82) is 0 Å². The summed E-state index contributed by atoms with van der Waals surface area (Å²) in [5, 5.41) is 6.34. The maximum absolute atomic E-state index is 5.86. The number of ether oxygens (including phenoxy) is 1. The highest BCUT2D eigenvalue weighted by Gasteiger charge is 2.24. The van der Waals surface area contributed by atoms with Crippen LogP contribution in [0, 0.1) is 6.92 Å². The number of hydrogen-bond acceptors (Lipinski definition) is 6. The molecule has 1 saturated heterocycles. The van der Waals surface area contributed by atoms with Crippen molar-refractivity contribution in [3.05, 3.63) is 57.5 Å². The van der Waals surface area contributed by atoms with Crippen LogP contribution in [-0.4, -0.2) is 34.6 Å². The molecule has 0 N–H and O–H groups in total. The van der Waals surface area contributed by atoms with Crippen molar-refractivity contribution in [2.45, 2.75) is 19.6 Å². The van der Waals surface area contributed by atoms with Crippen molar-refractivity contribution in [3.8, 4) is 10.6 Å². The van der Waals surface area contributed by atoms with Crippen molar-refractivity contribution < 1.29 is 4.74 Å². The second-order valence-electron chi connectivity index (χ2n) is 5.97. The predicted molar refractivity (Wildman–Crippen MR) is 98.4 cm³/mol. The van der Waals surface area contributed by atoms with Gasteiger partial charge in [0.2, 0.25) is 0 Å². The smallest absolute Gasteiger partial charge is 0.123 e. The molecule has 24 heavy (non-hydrogen) atoms. The first-order valence-corrected chi connectivity index (χ1v) is 9.78. The summed E-state index contributed by atoms with van der Waals surface area (Å²) in [4.78, 5) is 11.6. The number of nitrogens with zero attached hydrogens (tertiary/aromatic N) is 3. The summed E-state index contributed by atoms with van der Waals surface area (Å²) in [7, 11) is 0. The van der Waals surface area contributed by atoms with Crippen LogP contribution in [-0.2, 0) is 11.3 Å². The fourth-order valence-electron chi connectivity index (χ4n) is 2.83. The molecule has 1 atom stereocenters. The summed E-state index contributed by atoms with van der Waals surface area (Å²) in [5.41, 5.74) is 3.60. The number of benzene rings is 1. The molecule has 1 aromatic carbocycles. The Morgan fingerprint density at radius 3 is 2.92 bits per heavy atom. The maximum Gasteiger partial charge on any atom is 0.123 e. The largest absolute Gasteiger partial charge is 0.368 e. The highest BCUT2D eigenvalue weighted by molar-refractivity contribution is 7.13. The molecule has 1 aliphatic heterocycles. The van der Waals surface area contributed by atoms with E-state index in [-0.39, 0.29) is 6.10 Å². The minimum atomic E-state index is 0.0916. The third-order valence-corrected chi connectivity index (χ3v) is 5.92. The molecule has 0 aliphatic carbocycles. The molecule has 0 radical (unpaired) electrons. The molecule has 3 aromatic rings. The molecule has 124 valence electrons. The fraction of sp³-hybridized carbons (Fsp3) is 0.333. The Kier molecular flexibility index (Phi) is 4.71. The third-order valence-electron chi connectivity index (χ3n) is 4.11. The lowest BCUT2D eigenvalue weighted by Crippen LogP contribution is -2.37. The van der Waals surface area contributed by atoms with Gasteiger partial charge in [-0.3, -0.25) is 4.90 Å². The Morgan fingerprint density at radius 2 is 2.12 bits per heavy atom. The van der Waals surface area contributed by atoms with Crippen molar-refractivity contribution in [2.24, 2.45) is 0 Å². The van der Waals surface area contributed by atoms with E-state index in [0.717, 1.165) is 42.0 Å². The zero-order chi connectivity index (χ0) is 16.4. The standard InChI is InChI=1S/C18H19N3OS2/c1-13-2-4-14(5-3-13)17-20-15(12-24-17)10-21-7-8-22-16(11-21)18-19-6-9-23-18/h2-6,9,12,16H,7-8,10-11H2,1H3. The molecule has 0 spiro atoms. The Bertz CT molecular complexity index is 783. The molecule has 0 saturated carbocycles. The van der Waals surface area contributed by atoms with E-state index >= 15 is 0 Å². The summed E-state index contributed by atoms with van der Waals surface area (Å²) in [6.45, 7) is 5.55. The highest BCUT2D eigenvalue weighted by Crippen LogP contribution is 2.27. The Morgan fingerprint density at radius 1 is 1.25 bits per heavy atom. The molecule has 4 rings (SSSR count). The average Bonchev–Trinajstić information content (AvgIpc) is 3.28. The topological polar surface area (TPSA) is 38.2 Å². The van der Waals surface area contributed by atoms with Crippen LogP contribution in [0.15, 0.2) is 41.2 Å². The number of thiazole rings is 2. The molecule has 1 unspecified atom stereocenters. The lowest BCUT2D eigenvalue weighted by molar-refractivity contribution is -0.0333. The fourth-order valence-corrected chi connectivity index (χ4v) is 4.32. The van der Waals surface area contributed by atoms with Gasteiger partial charge in [0, 0.05) is 42.2 Å². The van der Waals surface area contributed by atoms with Crippen molar-refractivity contribution >= 4 is 22.7 Å². The first-order chi connectivity index (χ1) is 11.8. The van der Waals surface area contributed by atoms with Crippen LogP contribution < -0.4 is 0 Å². The van der Waals surface area contributed by atoms with Gasteiger partial charge in [0.05, 0.1) is 12.3 Å². The number of aromatic nitrogens is 2. The summed E-state index contributed by atoms with van der Waals surface area (Å²) in [6, 6.07) is 8.56. The summed E-state index contributed by atoms with van der Waals surface area (Å²) >= 11 is 3.38. The molecular formula is C18H19N3OS2. The Balaban J connectivity index is 1.43. The molecule has 0 bridgehead atoms. The molecule has 4 nitrogen and oxygen atoms in total. The first kappa shape index (κ1) is 15.9. The summed E-state index contributed by atoms with van der Waals surface area (Å²) in [6.07, 6.45) is 1.94. The van der Waals surface area contributed by atoms with Crippen molar-refractivity contribution in [2.75, 3.05) is 19.7 Å². The predicted octanol–water partition coefficient (Wildman–Crippen LogP) is 4.15. The normalized spacial score (nSPS) is 18.8. The van der Waals surface area contributed by atoms with Gasteiger partial charge in [-0.2, -0.15) is 0 Å². The van der Waals surface area contributed by atoms with Gasteiger partial charge in [-0.05, 0) is 6.92 Å². The molecule has 3 heterocycles. The van der Waals surface area contributed by atoms with E-state index in [1.165, 1.54) is 11.1 Å². The van der Waals surface area contributed by atoms with Gasteiger partial charge in [-0.15, -0.1) is 22.7 Å². The van der Waals surface area contributed by atoms with Gasteiger partial charge < -0.3 is 4.74 Å². The van der Waals surface area contributed by atoms with Gasteiger partial charge in [0.15, 0.2) is 0 Å². The van der Waals surface area contributed by atoms with E-state index in [1.807, 2.05) is 11.6 Å². The number of aryl methyl sites for hydroxylation is 1. The van der Waals surface area contributed by atoms with Crippen LogP contribution in [0.5, 0.6) is 0 Å². The van der Waals surface area contributed by atoms with Crippen LogP contribution >= 0.6 is 22.7 Å². The Hall–Kier alpha value is -1.60. The molecule has 2 aromatic heterocycles. The van der Waals surface area contributed by atoms with Gasteiger partial charge in [0.1, 0.15) is 16.1 Å². The minimum absolute atomic E-state index is 0.0916. The van der Waals surface area contributed by atoms with Crippen LogP contribution in [0.25, 0.3) is 10.6 Å². The number of morpholine rings is 1. The van der Waals surface area contributed by atoms with Gasteiger partial charge in [-0.1, -0.05) is 29.8 Å². The molecule has 6 heteroatoms. The van der Waals surface area contributed by atoms with E-state index in [4.69, 9.17) is 9.72 Å². The third kappa shape index (κ3) is 3.57. The minimum Gasteiger partial charge on any atom is -0.368 e. The summed E-state index contributed by atoms with van der Waals surface area (Å²) < 4.78 is 5.86. The number of hydrogen-bond donors (Lipinski definition) is 0. The van der Waals surface area contributed by atoms with Crippen LogP contribution in [0.4, 0.5) is 0 Å². The molecule has 1 fully saturated rings. The second-order valence-corrected chi connectivity index (χ2v) is 7.76. The van der Waals surface area contributed by atoms with E-state index in [0.29, 0.717) is 0 Å². The lowest BCUT2D eigenvalue weighted by atomic mass is 10.2. The molecule has 1 aliphatic rings. The van der Waals surface area contributed by atoms with Crippen molar-refractivity contribution in [1.82, 2.24) is 14.9 Å². The van der Waals surface area contributed by atoms with Crippen LogP contribution in [0.3, 0.4) is 0 Å². The lowest BCUT2D eigenvalue weighted by Gasteiger charge is -2.31. The summed E-state index contributed by atoms with van der Waals surface area (Å²) in [5.74, 6) is 0. The monoisotopic (exact) mass is 357 g/mol. The van der Waals surface area contributed by atoms with Gasteiger partial charge >= 0.3 is 0 Å². The van der Waals surface area contributed by atoms with E-state index in [2.05, 4.69) is 46.5 Å². The zero-order valence-electron chi connectivity index (χ0n) is 13.5. The first-order valence-electron chi connectivity index (χ1n) is 8.03. The van der Waals surface area contributed by atoms with E-state index in [9.17, 15) is 0 Å². The zero-order valence-corrected chi connectivity index (χ0v) is 15.1. The average molecular weight is 358 g/mol. The Labute approximate surface area is 149 Å². The molecule has 0 amide bonds. The van der Waals surface area contributed by atoms with Crippen molar-refractivity contribution in [3.63, 3.8) is 0 Å². The molecular weight excluding hydrogens is 338 g/mol. The SMILES string of the molecule is Cc1ccc(-c2nc(CN3CCOC(c4nccs4)C3)cs2)cc1. The van der Waals surface area contributed by atoms with E-state index < -0.39 is 0 Å².